The molecule has 0 unspecified atom stereocenters. The van der Waals surface area contributed by atoms with E-state index in [-0.39, 0.29) is 22.9 Å². The lowest BCUT2D eigenvalue weighted by atomic mass is 10.2. The van der Waals surface area contributed by atoms with Gasteiger partial charge in [-0.3, -0.25) is 10.1 Å². The number of carboxylic acid groups (broad SMARTS) is 1. The second-order valence-electron chi connectivity index (χ2n) is 4.02. The molecule has 0 aliphatic rings. The maximum absolute atomic E-state index is 10.9. The molecule has 0 spiro atoms. The highest BCUT2D eigenvalue weighted by Crippen LogP contribution is 2.31. The molecule has 0 amide bonds. The minimum atomic E-state index is -1.11. The Bertz CT molecular complexity index is 667. The average molecular weight is 274 g/mol. The van der Waals surface area contributed by atoms with Crippen molar-refractivity contribution in [2.45, 2.75) is 6.92 Å². The van der Waals surface area contributed by atoms with Crippen molar-refractivity contribution in [2.75, 3.05) is 0 Å². The molecule has 0 fully saturated rings. The summed E-state index contributed by atoms with van der Waals surface area (Å²) in [5, 5.41) is 19.6. The molecule has 20 heavy (non-hydrogen) atoms. The van der Waals surface area contributed by atoms with Crippen LogP contribution >= 0.6 is 0 Å². The molecule has 0 aliphatic heterocycles. The van der Waals surface area contributed by atoms with Gasteiger partial charge in [0, 0.05) is 18.3 Å². The summed E-state index contributed by atoms with van der Waals surface area (Å²) in [5.41, 5.74) is 0.628. The van der Waals surface area contributed by atoms with E-state index >= 15 is 0 Å². The molecule has 102 valence electrons. The van der Waals surface area contributed by atoms with Gasteiger partial charge in [0.15, 0.2) is 0 Å². The number of carboxylic acids is 1. The van der Waals surface area contributed by atoms with Crippen LogP contribution in [0.3, 0.4) is 0 Å². The average Bonchev–Trinajstić information content (AvgIpc) is 2.39. The monoisotopic (exact) mass is 274 g/mol. The second-order valence-corrected chi connectivity index (χ2v) is 4.02. The molecule has 1 N–H and O–H groups in total. The summed E-state index contributed by atoms with van der Waals surface area (Å²) >= 11 is 0. The molecule has 1 heterocycles. The van der Waals surface area contributed by atoms with E-state index in [1.807, 2.05) is 0 Å². The highest BCUT2D eigenvalue weighted by atomic mass is 16.6. The van der Waals surface area contributed by atoms with E-state index in [2.05, 4.69) is 4.98 Å². The third-order valence-electron chi connectivity index (χ3n) is 2.51. The van der Waals surface area contributed by atoms with E-state index < -0.39 is 10.9 Å². The number of nitrogens with zero attached hydrogens (tertiary/aromatic N) is 2. The number of benzene rings is 1. The van der Waals surface area contributed by atoms with Gasteiger partial charge in [0.2, 0.25) is 11.6 Å². The van der Waals surface area contributed by atoms with Gasteiger partial charge in [-0.05, 0) is 24.6 Å². The molecular formula is C13H10N2O5. The zero-order chi connectivity index (χ0) is 14.7. The SMILES string of the molecule is Cc1ccc([N+](=O)[O-])c(Oc2ccc(C(=O)O)cn2)c1. The van der Waals surface area contributed by atoms with Crippen molar-refractivity contribution < 1.29 is 19.6 Å². The topological polar surface area (TPSA) is 103 Å². The Labute approximate surface area is 113 Å². The summed E-state index contributed by atoms with van der Waals surface area (Å²) in [5.74, 6) is -0.958. The number of hydrogen-bond donors (Lipinski definition) is 1. The van der Waals surface area contributed by atoms with Gasteiger partial charge in [0.1, 0.15) is 0 Å². The van der Waals surface area contributed by atoms with Gasteiger partial charge in [-0.2, -0.15) is 0 Å². The van der Waals surface area contributed by atoms with Gasteiger partial charge in [0.05, 0.1) is 10.5 Å². The fraction of sp³-hybridized carbons (Fsp3) is 0.0769. The third-order valence-corrected chi connectivity index (χ3v) is 2.51. The van der Waals surface area contributed by atoms with Crippen LogP contribution in [0.1, 0.15) is 15.9 Å². The first kappa shape index (κ1) is 13.5. The van der Waals surface area contributed by atoms with Crippen LogP contribution in [0.5, 0.6) is 11.6 Å². The van der Waals surface area contributed by atoms with Crippen molar-refractivity contribution in [3.8, 4) is 11.6 Å². The van der Waals surface area contributed by atoms with Crippen molar-refractivity contribution in [2.24, 2.45) is 0 Å². The lowest BCUT2D eigenvalue weighted by molar-refractivity contribution is -0.385. The zero-order valence-corrected chi connectivity index (χ0v) is 10.4. The molecule has 0 saturated carbocycles. The number of nitro groups is 1. The van der Waals surface area contributed by atoms with E-state index in [1.165, 1.54) is 24.3 Å². The Hall–Kier alpha value is -2.96. The summed E-state index contributed by atoms with van der Waals surface area (Å²) in [4.78, 5) is 24.8. The number of ether oxygens (including phenoxy) is 1. The van der Waals surface area contributed by atoms with Crippen LogP contribution in [-0.4, -0.2) is 21.0 Å². The van der Waals surface area contributed by atoms with Crippen LogP contribution in [0.25, 0.3) is 0 Å². The molecule has 0 saturated heterocycles. The van der Waals surface area contributed by atoms with Crippen molar-refractivity contribution in [3.63, 3.8) is 0 Å². The Balaban J connectivity index is 2.31. The van der Waals surface area contributed by atoms with Crippen LogP contribution < -0.4 is 4.74 Å². The quantitative estimate of drug-likeness (QED) is 0.679. The lowest BCUT2D eigenvalue weighted by Crippen LogP contribution is -1.98. The first-order valence-electron chi connectivity index (χ1n) is 5.59. The van der Waals surface area contributed by atoms with E-state index in [0.29, 0.717) is 0 Å². The Kier molecular flexibility index (Phi) is 3.60. The number of nitro benzene ring substituents is 1. The predicted octanol–water partition coefficient (Wildman–Crippen LogP) is 2.79. The van der Waals surface area contributed by atoms with E-state index in [4.69, 9.17) is 9.84 Å². The molecule has 1 aromatic carbocycles. The molecule has 7 heteroatoms. The molecule has 0 aliphatic carbocycles. The zero-order valence-electron chi connectivity index (χ0n) is 10.4. The molecule has 2 rings (SSSR count). The first-order chi connectivity index (χ1) is 9.47. The molecule has 0 atom stereocenters. The Morgan fingerprint density at radius 2 is 2.10 bits per heavy atom. The number of rotatable bonds is 4. The third kappa shape index (κ3) is 2.89. The highest BCUT2D eigenvalue weighted by molar-refractivity contribution is 5.87. The predicted molar refractivity (Wildman–Crippen MR) is 69.1 cm³/mol. The van der Waals surface area contributed by atoms with Gasteiger partial charge in [0.25, 0.3) is 0 Å². The molecule has 2 aromatic rings. The number of hydrogen-bond acceptors (Lipinski definition) is 5. The lowest BCUT2D eigenvalue weighted by Gasteiger charge is -2.06. The van der Waals surface area contributed by atoms with Crippen molar-refractivity contribution in [3.05, 3.63) is 57.8 Å². The number of aromatic carboxylic acids is 1. The summed E-state index contributed by atoms with van der Waals surface area (Å²) in [6.45, 7) is 1.78. The standard InChI is InChI=1S/C13H10N2O5/c1-8-2-4-10(15(18)19)11(6-8)20-12-5-3-9(7-14-12)13(16)17/h2-7H,1H3,(H,16,17). The number of aryl methyl sites for hydroxylation is 1. The van der Waals surface area contributed by atoms with Crippen LogP contribution in [-0.2, 0) is 0 Å². The van der Waals surface area contributed by atoms with Gasteiger partial charge in [-0.25, -0.2) is 9.78 Å². The Morgan fingerprint density at radius 3 is 2.65 bits per heavy atom. The fourth-order valence-corrected chi connectivity index (χ4v) is 1.53. The number of pyridine rings is 1. The molecule has 0 radical (unpaired) electrons. The summed E-state index contributed by atoms with van der Waals surface area (Å²) in [7, 11) is 0. The summed E-state index contributed by atoms with van der Waals surface area (Å²) in [6, 6.07) is 7.12. The smallest absolute Gasteiger partial charge is 0.337 e. The fourth-order valence-electron chi connectivity index (χ4n) is 1.53. The van der Waals surface area contributed by atoms with Crippen LogP contribution in [0.4, 0.5) is 5.69 Å². The van der Waals surface area contributed by atoms with Crippen LogP contribution in [0, 0.1) is 17.0 Å². The molecular weight excluding hydrogens is 264 g/mol. The molecule has 0 bridgehead atoms. The van der Waals surface area contributed by atoms with Crippen molar-refractivity contribution in [1.82, 2.24) is 4.98 Å². The second kappa shape index (κ2) is 5.35. The van der Waals surface area contributed by atoms with Gasteiger partial charge in [-0.1, -0.05) is 6.07 Å². The highest BCUT2D eigenvalue weighted by Gasteiger charge is 2.16. The Morgan fingerprint density at radius 1 is 1.35 bits per heavy atom. The normalized spacial score (nSPS) is 10.1. The molecule has 1 aromatic heterocycles. The first-order valence-corrected chi connectivity index (χ1v) is 5.59. The van der Waals surface area contributed by atoms with E-state index in [9.17, 15) is 14.9 Å². The van der Waals surface area contributed by atoms with Crippen LogP contribution in [0.2, 0.25) is 0 Å². The number of carbonyl (C=O) groups is 1. The maximum atomic E-state index is 10.9. The van der Waals surface area contributed by atoms with E-state index in [0.717, 1.165) is 11.8 Å². The van der Waals surface area contributed by atoms with Gasteiger partial charge < -0.3 is 9.84 Å². The summed E-state index contributed by atoms with van der Waals surface area (Å²) < 4.78 is 5.34. The van der Waals surface area contributed by atoms with Crippen LogP contribution in [0.15, 0.2) is 36.5 Å². The largest absolute Gasteiger partial charge is 0.478 e. The minimum absolute atomic E-state index is 0.0103. The molecule has 7 nitrogen and oxygen atoms in total. The number of aromatic nitrogens is 1. The van der Waals surface area contributed by atoms with Gasteiger partial charge >= 0.3 is 11.7 Å². The minimum Gasteiger partial charge on any atom is -0.478 e. The van der Waals surface area contributed by atoms with Crippen molar-refractivity contribution in [1.29, 1.82) is 0 Å². The summed E-state index contributed by atoms with van der Waals surface area (Å²) in [6.07, 6.45) is 1.12. The maximum Gasteiger partial charge on any atom is 0.337 e. The van der Waals surface area contributed by atoms with Gasteiger partial charge in [-0.15, -0.1) is 0 Å². The van der Waals surface area contributed by atoms with Crippen molar-refractivity contribution >= 4 is 11.7 Å². The van der Waals surface area contributed by atoms with E-state index in [1.54, 1.807) is 13.0 Å².